The van der Waals surface area contributed by atoms with Crippen LogP contribution in [0.5, 0.6) is 0 Å². The van der Waals surface area contributed by atoms with Gasteiger partial charge in [-0.3, -0.25) is 9.48 Å². The van der Waals surface area contributed by atoms with Gasteiger partial charge in [-0.2, -0.15) is 5.10 Å². The number of hydrogen-bond donors (Lipinski definition) is 1. The number of nitrogens with zero attached hydrogens (tertiary/aromatic N) is 2. The van der Waals surface area contributed by atoms with E-state index in [1.807, 2.05) is 18.3 Å². The van der Waals surface area contributed by atoms with E-state index in [-0.39, 0.29) is 12.5 Å². The van der Waals surface area contributed by atoms with Gasteiger partial charge in [0, 0.05) is 6.20 Å². The van der Waals surface area contributed by atoms with E-state index in [0.29, 0.717) is 12.5 Å². The molecule has 0 spiro atoms. The van der Waals surface area contributed by atoms with E-state index in [9.17, 15) is 4.79 Å². The lowest BCUT2D eigenvalue weighted by molar-refractivity contribution is -0.122. The summed E-state index contributed by atoms with van der Waals surface area (Å²) in [6.45, 7) is 2.95. The molecule has 0 fully saturated rings. The standard InChI is InChI=1S/C15H19N3O2/c1-11-4-5-14-12(7-11)9-18(17-14)10-15(19)16-8-13-3-2-6-20-13/h2-3,6,9,11H,4-5,7-8,10H2,1H3,(H,16,19). The number of carbonyl (C=O) groups excluding carboxylic acids is 1. The lowest BCUT2D eigenvalue weighted by Gasteiger charge is -2.15. The fourth-order valence-electron chi connectivity index (χ4n) is 2.63. The number of furan rings is 1. The Morgan fingerprint density at radius 1 is 1.60 bits per heavy atom. The summed E-state index contributed by atoms with van der Waals surface area (Å²) < 4.78 is 6.93. The summed E-state index contributed by atoms with van der Waals surface area (Å²) in [6, 6.07) is 3.65. The van der Waals surface area contributed by atoms with Gasteiger partial charge in [0.05, 0.1) is 18.5 Å². The van der Waals surface area contributed by atoms with Crippen molar-refractivity contribution in [2.24, 2.45) is 5.92 Å². The molecule has 1 unspecified atom stereocenters. The third-order valence-corrected chi connectivity index (χ3v) is 3.71. The van der Waals surface area contributed by atoms with Crippen LogP contribution in [0.15, 0.2) is 29.0 Å². The van der Waals surface area contributed by atoms with E-state index < -0.39 is 0 Å². The van der Waals surface area contributed by atoms with Gasteiger partial charge in [-0.1, -0.05) is 6.92 Å². The van der Waals surface area contributed by atoms with Crippen LogP contribution in [0, 0.1) is 5.92 Å². The first-order chi connectivity index (χ1) is 9.70. The second-order valence-corrected chi connectivity index (χ2v) is 5.50. The monoisotopic (exact) mass is 273 g/mol. The second kappa shape index (κ2) is 5.53. The van der Waals surface area contributed by atoms with Crippen LogP contribution in [-0.2, 0) is 30.7 Å². The number of fused-ring (bicyclic) bond motifs is 1. The third-order valence-electron chi connectivity index (χ3n) is 3.71. The van der Waals surface area contributed by atoms with Crippen molar-refractivity contribution in [3.8, 4) is 0 Å². The lowest BCUT2D eigenvalue weighted by atomic mass is 9.89. The first kappa shape index (κ1) is 13.0. The number of aryl methyl sites for hydroxylation is 1. The molecule has 2 aromatic rings. The average Bonchev–Trinajstić information content (AvgIpc) is 3.04. The molecule has 3 rings (SSSR count). The molecule has 0 saturated carbocycles. The predicted octanol–water partition coefficient (Wildman–Crippen LogP) is 1.92. The van der Waals surface area contributed by atoms with Crippen molar-refractivity contribution in [2.45, 2.75) is 39.3 Å². The Morgan fingerprint density at radius 2 is 2.50 bits per heavy atom. The van der Waals surface area contributed by atoms with Crippen LogP contribution in [0.25, 0.3) is 0 Å². The van der Waals surface area contributed by atoms with E-state index in [2.05, 4.69) is 17.3 Å². The van der Waals surface area contributed by atoms with Crippen molar-refractivity contribution in [2.75, 3.05) is 0 Å². The maximum atomic E-state index is 11.9. The van der Waals surface area contributed by atoms with Crippen molar-refractivity contribution >= 4 is 5.91 Å². The minimum absolute atomic E-state index is 0.0469. The zero-order valence-corrected chi connectivity index (χ0v) is 11.6. The van der Waals surface area contributed by atoms with E-state index in [0.717, 1.165) is 24.3 Å². The Balaban J connectivity index is 1.56. The summed E-state index contributed by atoms with van der Waals surface area (Å²) in [5.74, 6) is 1.43. The van der Waals surface area contributed by atoms with Gasteiger partial charge in [0.1, 0.15) is 12.3 Å². The molecule has 1 atom stereocenters. The number of aromatic nitrogens is 2. The molecule has 1 aliphatic carbocycles. The Kier molecular flexibility index (Phi) is 3.58. The predicted molar refractivity (Wildman–Crippen MR) is 74.0 cm³/mol. The zero-order valence-electron chi connectivity index (χ0n) is 11.6. The van der Waals surface area contributed by atoms with Gasteiger partial charge in [0.2, 0.25) is 5.91 Å². The SMILES string of the molecule is CC1CCc2nn(CC(=O)NCc3ccco3)cc2C1. The van der Waals surface area contributed by atoms with Crippen molar-refractivity contribution in [3.05, 3.63) is 41.6 Å². The van der Waals surface area contributed by atoms with Crippen LogP contribution in [-0.4, -0.2) is 15.7 Å². The highest BCUT2D eigenvalue weighted by atomic mass is 16.3. The molecule has 0 saturated heterocycles. The van der Waals surface area contributed by atoms with Crippen LogP contribution in [0.2, 0.25) is 0 Å². The van der Waals surface area contributed by atoms with Gasteiger partial charge >= 0.3 is 0 Å². The van der Waals surface area contributed by atoms with E-state index in [4.69, 9.17) is 4.42 Å². The first-order valence-electron chi connectivity index (χ1n) is 7.05. The van der Waals surface area contributed by atoms with Crippen LogP contribution in [0.3, 0.4) is 0 Å². The Hall–Kier alpha value is -2.04. The molecule has 0 aliphatic heterocycles. The molecule has 0 bridgehead atoms. The van der Waals surface area contributed by atoms with Gasteiger partial charge in [-0.15, -0.1) is 0 Å². The summed E-state index contributed by atoms with van der Waals surface area (Å²) in [5.41, 5.74) is 2.45. The van der Waals surface area contributed by atoms with Gasteiger partial charge in [0.15, 0.2) is 0 Å². The molecule has 1 N–H and O–H groups in total. The Bertz CT molecular complexity index is 586. The molecule has 5 nitrogen and oxygen atoms in total. The highest BCUT2D eigenvalue weighted by Crippen LogP contribution is 2.23. The Labute approximate surface area is 118 Å². The summed E-state index contributed by atoms with van der Waals surface area (Å²) in [6.07, 6.45) is 6.90. The van der Waals surface area contributed by atoms with Crippen molar-refractivity contribution in [1.82, 2.24) is 15.1 Å². The number of rotatable bonds is 4. The van der Waals surface area contributed by atoms with Crippen LogP contribution < -0.4 is 5.32 Å². The van der Waals surface area contributed by atoms with E-state index in [1.54, 1.807) is 10.9 Å². The maximum Gasteiger partial charge on any atom is 0.242 e. The fraction of sp³-hybridized carbons (Fsp3) is 0.467. The van der Waals surface area contributed by atoms with Gasteiger partial charge in [0.25, 0.3) is 0 Å². The van der Waals surface area contributed by atoms with Crippen molar-refractivity contribution in [1.29, 1.82) is 0 Å². The number of nitrogens with one attached hydrogen (secondary N) is 1. The fourth-order valence-corrected chi connectivity index (χ4v) is 2.63. The molecule has 1 aliphatic rings. The molecule has 1 amide bonds. The molecular weight excluding hydrogens is 254 g/mol. The number of carbonyl (C=O) groups is 1. The first-order valence-corrected chi connectivity index (χ1v) is 7.05. The largest absolute Gasteiger partial charge is 0.467 e. The van der Waals surface area contributed by atoms with Crippen molar-refractivity contribution in [3.63, 3.8) is 0 Å². The van der Waals surface area contributed by atoms with E-state index in [1.165, 1.54) is 12.0 Å². The summed E-state index contributed by atoms with van der Waals surface area (Å²) in [4.78, 5) is 11.9. The smallest absolute Gasteiger partial charge is 0.242 e. The number of hydrogen-bond acceptors (Lipinski definition) is 3. The lowest BCUT2D eigenvalue weighted by Crippen LogP contribution is -2.27. The molecule has 0 radical (unpaired) electrons. The topological polar surface area (TPSA) is 60.1 Å². The quantitative estimate of drug-likeness (QED) is 0.925. The molecule has 2 heterocycles. The van der Waals surface area contributed by atoms with E-state index >= 15 is 0 Å². The van der Waals surface area contributed by atoms with Gasteiger partial charge in [-0.25, -0.2) is 0 Å². The van der Waals surface area contributed by atoms with Gasteiger partial charge < -0.3 is 9.73 Å². The molecule has 5 heteroatoms. The minimum atomic E-state index is -0.0469. The molecule has 2 aromatic heterocycles. The third kappa shape index (κ3) is 2.92. The van der Waals surface area contributed by atoms with Crippen LogP contribution in [0.4, 0.5) is 0 Å². The summed E-state index contributed by atoms with van der Waals surface area (Å²) in [7, 11) is 0. The van der Waals surface area contributed by atoms with Gasteiger partial charge in [-0.05, 0) is 42.9 Å². The normalized spacial score (nSPS) is 17.8. The highest BCUT2D eigenvalue weighted by Gasteiger charge is 2.19. The molecule has 20 heavy (non-hydrogen) atoms. The molecule has 0 aromatic carbocycles. The maximum absolute atomic E-state index is 11.9. The highest BCUT2D eigenvalue weighted by molar-refractivity contribution is 5.75. The Morgan fingerprint density at radius 3 is 3.30 bits per heavy atom. The minimum Gasteiger partial charge on any atom is -0.467 e. The summed E-state index contributed by atoms with van der Waals surface area (Å²) >= 11 is 0. The van der Waals surface area contributed by atoms with Crippen LogP contribution >= 0.6 is 0 Å². The molecular formula is C15H19N3O2. The number of amides is 1. The summed E-state index contributed by atoms with van der Waals surface area (Å²) in [5, 5.41) is 7.33. The van der Waals surface area contributed by atoms with Crippen molar-refractivity contribution < 1.29 is 9.21 Å². The second-order valence-electron chi connectivity index (χ2n) is 5.50. The zero-order chi connectivity index (χ0) is 13.9. The van der Waals surface area contributed by atoms with Crippen LogP contribution in [0.1, 0.15) is 30.4 Å². The average molecular weight is 273 g/mol. The molecule has 106 valence electrons.